The van der Waals surface area contributed by atoms with E-state index in [9.17, 15) is 0 Å². The van der Waals surface area contributed by atoms with Gasteiger partial charge in [0.25, 0.3) is 0 Å². The summed E-state index contributed by atoms with van der Waals surface area (Å²) in [4.78, 5) is 5.16. The number of benzene rings is 7. The van der Waals surface area contributed by atoms with Crippen LogP contribution in [0.15, 0.2) is 164 Å². The van der Waals surface area contributed by atoms with Gasteiger partial charge in [-0.2, -0.15) is 0 Å². The van der Waals surface area contributed by atoms with Crippen LogP contribution < -0.4 is 0 Å². The van der Waals surface area contributed by atoms with Gasteiger partial charge in [0, 0.05) is 22.7 Å². The molecule has 0 radical (unpaired) electrons. The molecule has 0 fully saturated rings. The number of pyridine rings is 1. The van der Waals surface area contributed by atoms with Gasteiger partial charge >= 0.3 is 0 Å². The Morgan fingerprint density at radius 1 is 0.383 bits per heavy atom. The van der Waals surface area contributed by atoms with E-state index >= 15 is 0 Å². The zero-order valence-corrected chi connectivity index (χ0v) is 26.5. The summed E-state index contributed by atoms with van der Waals surface area (Å²) in [6.45, 7) is 4.68. The highest BCUT2D eigenvalue weighted by molar-refractivity contribution is 6.21. The zero-order chi connectivity index (χ0) is 31.5. The maximum absolute atomic E-state index is 5.16. The molecular formula is C46H33N. The van der Waals surface area contributed by atoms with Gasteiger partial charge in [-0.25, -0.2) is 0 Å². The third kappa shape index (κ3) is 4.27. The minimum absolute atomic E-state index is 0.0929. The van der Waals surface area contributed by atoms with Gasteiger partial charge in [-0.1, -0.05) is 166 Å². The fraction of sp³-hybridized carbons (Fsp3) is 0.0652. The third-order valence-corrected chi connectivity index (χ3v) is 10.1. The Kier molecular flexibility index (Phi) is 6.23. The zero-order valence-electron chi connectivity index (χ0n) is 26.5. The average Bonchev–Trinajstić information content (AvgIpc) is 3.37. The number of fused-ring (bicyclic) bond motifs is 5. The van der Waals surface area contributed by atoms with Crippen molar-refractivity contribution in [1.29, 1.82) is 0 Å². The van der Waals surface area contributed by atoms with Crippen LogP contribution in [0.3, 0.4) is 0 Å². The molecule has 222 valence electrons. The van der Waals surface area contributed by atoms with Crippen molar-refractivity contribution in [2.24, 2.45) is 0 Å². The first kappa shape index (κ1) is 27.5. The molecule has 0 saturated heterocycles. The summed E-state index contributed by atoms with van der Waals surface area (Å²) in [5.74, 6) is 0. The summed E-state index contributed by atoms with van der Waals surface area (Å²) in [5, 5.41) is 4.97. The number of aromatic nitrogens is 1. The van der Waals surface area contributed by atoms with E-state index in [1.54, 1.807) is 0 Å². The fourth-order valence-corrected chi connectivity index (χ4v) is 7.97. The lowest BCUT2D eigenvalue weighted by Gasteiger charge is -2.24. The second kappa shape index (κ2) is 10.6. The average molecular weight is 600 g/mol. The van der Waals surface area contributed by atoms with E-state index in [1.165, 1.54) is 77.2 Å². The highest BCUT2D eigenvalue weighted by atomic mass is 14.7. The van der Waals surface area contributed by atoms with Gasteiger partial charge in [0.05, 0.1) is 5.69 Å². The van der Waals surface area contributed by atoms with Crippen LogP contribution in [-0.2, 0) is 5.41 Å². The van der Waals surface area contributed by atoms with E-state index in [0.29, 0.717) is 0 Å². The van der Waals surface area contributed by atoms with Gasteiger partial charge in [-0.15, -0.1) is 0 Å². The van der Waals surface area contributed by atoms with Crippen LogP contribution in [0.5, 0.6) is 0 Å². The van der Waals surface area contributed by atoms with Crippen molar-refractivity contribution in [3.05, 3.63) is 175 Å². The van der Waals surface area contributed by atoms with Crippen molar-refractivity contribution in [2.45, 2.75) is 19.3 Å². The first-order valence-electron chi connectivity index (χ1n) is 16.4. The Morgan fingerprint density at radius 2 is 0.872 bits per heavy atom. The Hall–Kier alpha value is -5.79. The number of hydrogen-bond donors (Lipinski definition) is 0. The molecule has 0 N–H and O–H groups in total. The quantitative estimate of drug-likeness (QED) is 0.183. The predicted molar refractivity (Wildman–Crippen MR) is 199 cm³/mol. The monoisotopic (exact) mass is 599 g/mol. The normalized spacial score (nSPS) is 13.1. The molecule has 0 bridgehead atoms. The van der Waals surface area contributed by atoms with E-state index in [4.69, 9.17) is 4.98 Å². The van der Waals surface area contributed by atoms with E-state index in [2.05, 4.69) is 178 Å². The Labute approximate surface area is 275 Å². The van der Waals surface area contributed by atoms with Crippen molar-refractivity contribution < 1.29 is 0 Å². The smallest absolute Gasteiger partial charge is 0.0705 e. The maximum atomic E-state index is 5.16. The van der Waals surface area contributed by atoms with Crippen LogP contribution in [0, 0.1) is 0 Å². The van der Waals surface area contributed by atoms with Gasteiger partial charge in [-0.05, 0) is 77.7 Å². The number of rotatable bonds is 4. The molecule has 1 nitrogen and oxygen atoms in total. The van der Waals surface area contributed by atoms with Crippen molar-refractivity contribution in [2.75, 3.05) is 0 Å². The Morgan fingerprint density at radius 3 is 1.51 bits per heavy atom. The van der Waals surface area contributed by atoms with Gasteiger partial charge in [-0.3, -0.25) is 4.98 Å². The molecule has 8 aromatic rings. The molecule has 0 amide bonds. The molecule has 1 aliphatic carbocycles. The first-order valence-corrected chi connectivity index (χ1v) is 16.4. The fourth-order valence-electron chi connectivity index (χ4n) is 7.97. The molecule has 1 heterocycles. The van der Waals surface area contributed by atoms with Crippen LogP contribution in [0.4, 0.5) is 0 Å². The predicted octanol–water partition coefficient (Wildman–Crippen LogP) is 12.4. The highest BCUT2D eigenvalue weighted by Gasteiger charge is 2.37. The SMILES string of the molecule is CC1(C)c2ccccc2-c2cccc(-c3ccc(-c4c5ccccc5c(-c5ccc(-c6ccccc6)cc5)c5ccccc45)cn3)c21. The topological polar surface area (TPSA) is 12.9 Å². The molecule has 47 heavy (non-hydrogen) atoms. The summed E-state index contributed by atoms with van der Waals surface area (Å²) < 4.78 is 0. The molecule has 0 aliphatic heterocycles. The number of hydrogen-bond acceptors (Lipinski definition) is 1. The molecule has 1 heteroatoms. The molecule has 0 unspecified atom stereocenters. The van der Waals surface area contributed by atoms with Crippen LogP contribution in [0.25, 0.3) is 77.3 Å². The first-order chi connectivity index (χ1) is 23.1. The lowest BCUT2D eigenvalue weighted by molar-refractivity contribution is 0.662. The lowest BCUT2D eigenvalue weighted by Crippen LogP contribution is -2.16. The molecular weight excluding hydrogens is 567 g/mol. The standard InChI is InChI=1S/C46H33N/c1-46(2)41-22-11-10-15-34(41)39-20-12-21-40(45(39)46)42-28-27-33(29-47-42)44-37-18-8-6-16-35(37)43(36-17-7-9-19-38(36)44)32-25-23-31(24-26-32)30-13-4-3-5-14-30/h3-29H,1-2H3. The van der Waals surface area contributed by atoms with E-state index < -0.39 is 0 Å². The van der Waals surface area contributed by atoms with Crippen molar-refractivity contribution in [3.63, 3.8) is 0 Å². The molecule has 7 aromatic carbocycles. The summed E-state index contributed by atoms with van der Waals surface area (Å²) in [5.41, 5.74) is 14.8. The molecule has 9 rings (SSSR count). The maximum Gasteiger partial charge on any atom is 0.0705 e. The molecule has 0 spiro atoms. The molecule has 0 atom stereocenters. The van der Waals surface area contributed by atoms with Crippen LogP contribution in [-0.4, -0.2) is 4.98 Å². The number of nitrogens with zero attached hydrogens (tertiary/aromatic N) is 1. The minimum atomic E-state index is -0.0929. The second-order valence-corrected chi connectivity index (χ2v) is 13.1. The van der Waals surface area contributed by atoms with Crippen molar-refractivity contribution >= 4 is 21.5 Å². The molecule has 1 aromatic heterocycles. The van der Waals surface area contributed by atoms with Gasteiger partial charge < -0.3 is 0 Å². The van der Waals surface area contributed by atoms with Gasteiger partial charge in [0.2, 0.25) is 0 Å². The van der Waals surface area contributed by atoms with Crippen LogP contribution in [0.2, 0.25) is 0 Å². The van der Waals surface area contributed by atoms with Crippen LogP contribution in [0.1, 0.15) is 25.0 Å². The summed E-state index contributed by atoms with van der Waals surface area (Å²) >= 11 is 0. The Balaban J connectivity index is 1.19. The van der Waals surface area contributed by atoms with E-state index in [-0.39, 0.29) is 5.41 Å². The van der Waals surface area contributed by atoms with Crippen molar-refractivity contribution in [1.82, 2.24) is 4.98 Å². The second-order valence-electron chi connectivity index (χ2n) is 13.1. The Bertz CT molecular complexity index is 2390. The molecule has 1 aliphatic rings. The summed E-state index contributed by atoms with van der Waals surface area (Å²) in [6.07, 6.45) is 2.08. The largest absolute Gasteiger partial charge is 0.256 e. The third-order valence-electron chi connectivity index (χ3n) is 10.1. The van der Waals surface area contributed by atoms with Crippen molar-refractivity contribution in [3.8, 4) is 55.8 Å². The summed E-state index contributed by atoms with van der Waals surface area (Å²) in [7, 11) is 0. The highest BCUT2D eigenvalue weighted by Crippen LogP contribution is 2.52. The minimum Gasteiger partial charge on any atom is -0.256 e. The lowest BCUT2D eigenvalue weighted by atomic mass is 9.79. The van der Waals surface area contributed by atoms with E-state index in [1.807, 2.05) is 0 Å². The summed E-state index contributed by atoms with van der Waals surface area (Å²) in [6, 6.07) is 57.2. The van der Waals surface area contributed by atoms with Gasteiger partial charge in [0.15, 0.2) is 0 Å². The van der Waals surface area contributed by atoms with Gasteiger partial charge in [0.1, 0.15) is 0 Å². The van der Waals surface area contributed by atoms with Crippen LogP contribution >= 0.6 is 0 Å². The molecule has 0 saturated carbocycles. The van der Waals surface area contributed by atoms with E-state index in [0.717, 1.165) is 11.3 Å².